The number of ether oxygens (including phenoxy) is 1. The zero-order valence-corrected chi connectivity index (χ0v) is 18.2. The van der Waals surface area contributed by atoms with E-state index < -0.39 is 0 Å². The molecule has 1 N–H and O–H groups in total. The maximum absolute atomic E-state index is 12.6. The zero-order chi connectivity index (χ0) is 21.6. The van der Waals surface area contributed by atoms with Crippen molar-refractivity contribution in [2.75, 3.05) is 25.0 Å². The van der Waals surface area contributed by atoms with Crippen molar-refractivity contribution >= 4 is 17.5 Å². The van der Waals surface area contributed by atoms with E-state index in [2.05, 4.69) is 26.1 Å². The summed E-state index contributed by atoms with van der Waals surface area (Å²) in [4.78, 5) is 26.8. The highest BCUT2D eigenvalue weighted by Crippen LogP contribution is 2.24. The molecule has 2 amide bonds. The molecule has 30 heavy (non-hydrogen) atoms. The molecule has 0 bridgehead atoms. The van der Waals surface area contributed by atoms with Crippen molar-refractivity contribution in [3.8, 4) is 5.75 Å². The lowest BCUT2D eigenvalue weighted by Gasteiger charge is -2.20. The Morgan fingerprint density at radius 2 is 1.50 bits per heavy atom. The van der Waals surface area contributed by atoms with Crippen LogP contribution in [0.5, 0.6) is 5.75 Å². The van der Waals surface area contributed by atoms with Crippen molar-refractivity contribution in [3.05, 3.63) is 59.7 Å². The highest BCUT2D eigenvalue weighted by Gasteiger charge is 2.17. The molecule has 0 spiro atoms. The van der Waals surface area contributed by atoms with Gasteiger partial charge in [0.15, 0.2) is 6.61 Å². The molecule has 2 aromatic carbocycles. The fourth-order valence-corrected chi connectivity index (χ4v) is 3.55. The third-order valence-corrected chi connectivity index (χ3v) is 5.40. The van der Waals surface area contributed by atoms with Crippen LogP contribution in [0.4, 0.5) is 5.69 Å². The topological polar surface area (TPSA) is 58.6 Å². The number of carbonyl (C=O) groups is 2. The van der Waals surface area contributed by atoms with Gasteiger partial charge in [-0.2, -0.15) is 0 Å². The van der Waals surface area contributed by atoms with Crippen LogP contribution in [0.2, 0.25) is 0 Å². The van der Waals surface area contributed by atoms with Crippen LogP contribution in [0.1, 0.15) is 62.4 Å². The van der Waals surface area contributed by atoms with Gasteiger partial charge in [0.2, 0.25) is 0 Å². The molecule has 160 valence electrons. The van der Waals surface area contributed by atoms with Crippen LogP contribution < -0.4 is 10.1 Å². The summed E-state index contributed by atoms with van der Waals surface area (Å²) in [6, 6.07) is 14.9. The van der Waals surface area contributed by atoms with Crippen molar-refractivity contribution in [1.29, 1.82) is 0 Å². The monoisotopic (exact) mass is 408 g/mol. The summed E-state index contributed by atoms with van der Waals surface area (Å²) >= 11 is 0. The van der Waals surface area contributed by atoms with Crippen LogP contribution in [-0.4, -0.2) is 36.4 Å². The summed E-state index contributed by atoms with van der Waals surface area (Å²) in [5, 5.41) is 2.81. The molecule has 5 heteroatoms. The molecule has 1 saturated heterocycles. The van der Waals surface area contributed by atoms with Crippen LogP contribution >= 0.6 is 0 Å². The Balaban J connectivity index is 1.50. The smallest absolute Gasteiger partial charge is 0.262 e. The van der Waals surface area contributed by atoms with Crippen LogP contribution in [0.3, 0.4) is 0 Å². The lowest BCUT2D eigenvalue weighted by molar-refractivity contribution is -0.118. The molecule has 0 atom stereocenters. The summed E-state index contributed by atoms with van der Waals surface area (Å²) in [5.74, 6) is 0.495. The summed E-state index contributed by atoms with van der Waals surface area (Å²) in [5.41, 5.74) is 2.61. The Morgan fingerprint density at radius 3 is 2.07 bits per heavy atom. The van der Waals surface area contributed by atoms with Crippen molar-refractivity contribution < 1.29 is 14.3 Å². The maximum atomic E-state index is 12.6. The molecule has 0 unspecified atom stereocenters. The van der Waals surface area contributed by atoms with Gasteiger partial charge in [0.1, 0.15) is 5.75 Å². The number of amides is 2. The third-order valence-electron chi connectivity index (χ3n) is 5.40. The van der Waals surface area contributed by atoms with Gasteiger partial charge in [-0.05, 0) is 60.2 Å². The number of hydrogen-bond donors (Lipinski definition) is 1. The third kappa shape index (κ3) is 6.09. The predicted octanol–water partition coefficient (Wildman–Crippen LogP) is 5.02. The molecular formula is C25H32N2O3. The van der Waals surface area contributed by atoms with Gasteiger partial charge in [-0.15, -0.1) is 0 Å². The minimum atomic E-state index is -0.235. The second kappa shape index (κ2) is 9.79. The largest absolute Gasteiger partial charge is 0.484 e. The fraction of sp³-hybridized carbons (Fsp3) is 0.440. The fourth-order valence-electron chi connectivity index (χ4n) is 3.55. The molecule has 5 nitrogen and oxygen atoms in total. The van der Waals surface area contributed by atoms with E-state index in [-0.39, 0.29) is 23.8 Å². The number of carbonyl (C=O) groups excluding carboxylic acids is 2. The number of hydrogen-bond acceptors (Lipinski definition) is 3. The van der Waals surface area contributed by atoms with Gasteiger partial charge in [-0.25, -0.2) is 0 Å². The first-order chi connectivity index (χ1) is 14.3. The van der Waals surface area contributed by atoms with Crippen molar-refractivity contribution in [2.24, 2.45) is 0 Å². The first-order valence-corrected chi connectivity index (χ1v) is 10.8. The average molecular weight is 409 g/mol. The summed E-state index contributed by atoms with van der Waals surface area (Å²) in [7, 11) is 0. The molecule has 3 rings (SSSR count). The maximum Gasteiger partial charge on any atom is 0.262 e. The van der Waals surface area contributed by atoms with Gasteiger partial charge >= 0.3 is 0 Å². The number of rotatable bonds is 5. The lowest BCUT2D eigenvalue weighted by atomic mass is 9.87. The summed E-state index contributed by atoms with van der Waals surface area (Å²) in [6.07, 6.45) is 4.52. The minimum Gasteiger partial charge on any atom is -0.484 e. The Morgan fingerprint density at radius 1 is 0.900 bits per heavy atom. The van der Waals surface area contributed by atoms with E-state index >= 15 is 0 Å². The number of likely N-dealkylation sites (tertiary alicyclic amines) is 1. The van der Waals surface area contributed by atoms with Gasteiger partial charge in [0, 0.05) is 24.3 Å². The van der Waals surface area contributed by atoms with Crippen LogP contribution in [0.25, 0.3) is 0 Å². The molecule has 1 aliphatic rings. The molecule has 2 aromatic rings. The predicted molar refractivity (Wildman–Crippen MR) is 120 cm³/mol. The summed E-state index contributed by atoms with van der Waals surface area (Å²) < 4.78 is 5.59. The molecule has 0 aliphatic carbocycles. The number of benzene rings is 2. The van der Waals surface area contributed by atoms with Gasteiger partial charge in [-0.1, -0.05) is 45.7 Å². The first-order valence-electron chi connectivity index (χ1n) is 10.8. The van der Waals surface area contributed by atoms with E-state index in [1.54, 1.807) is 24.3 Å². The van der Waals surface area contributed by atoms with E-state index in [4.69, 9.17) is 4.74 Å². The van der Waals surface area contributed by atoms with Crippen LogP contribution in [-0.2, 0) is 10.2 Å². The lowest BCUT2D eigenvalue weighted by Crippen LogP contribution is -2.31. The van der Waals surface area contributed by atoms with E-state index in [1.807, 2.05) is 29.2 Å². The Kier molecular flexibility index (Phi) is 7.14. The SMILES string of the molecule is CC(C)(C)c1ccc(OCC(=O)Nc2ccc(C(=O)N3CCCCCC3)cc2)cc1. The Labute approximate surface area is 179 Å². The zero-order valence-electron chi connectivity index (χ0n) is 18.2. The Bertz CT molecular complexity index is 843. The van der Waals surface area contributed by atoms with Crippen molar-refractivity contribution in [3.63, 3.8) is 0 Å². The van der Waals surface area contributed by atoms with Gasteiger partial charge in [0.05, 0.1) is 0 Å². The molecular weight excluding hydrogens is 376 g/mol. The first kappa shape index (κ1) is 21.9. The molecule has 0 saturated carbocycles. The standard InChI is InChI=1S/C25H32N2O3/c1-25(2,3)20-10-14-22(15-11-20)30-18-23(28)26-21-12-8-19(9-13-21)24(29)27-16-6-4-5-7-17-27/h8-15H,4-7,16-18H2,1-3H3,(H,26,28). The molecule has 0 aromatic heterocycles. The average Bonchev–Trinajstić information content (AvgIpc) is 3.01. The van der Waals surface area contributed by atoms with Gasteiger partial charge in [-0.3, -0.25) is 9.59 Å². The van der Waals surface area contributed by atoms with Gasteiger partial charge < -0.3 is 15.0 Å². The van der Waals surface area contributed by atoms with E-state index in [0.29, 0.717) is 17.0 Å². The summed E-state index contributed by atoms with van der Waals surface area (Å²) in [6.45, 7) is 8.05. The number of nitrogens with zero attached hydrogens (tertiary/aromatic N) is 1. The van der Waals surface area contributed by atoms with Crippen LogP contribution in [0, 0.1) is 0 Å². The van der Waals surface area contributed by atoms with Gasteiger partial charge in [0.25, 0.3) is 11.8 Å². The molecule has 0 radical (unpaired) electrons. The second-order valence-electron chi connectivity index (χ2n) is 8.89. The number of nitrogens with one attached hydrogen (secondary N) is 1. The van der Waals surface area contributed by atoms with E-state index in [0.717, 1.165) is 25.9 Å². The molecule has 1 heterocycles. The molecule has 1 aliphatic heterocycles. The Hall–Kier alpha value is -2.82. The molecule has 1 fully saturated rings. The van der Waals surface area contributed by atoms with Crippen molar-refractivity contribution in [1.82, 2.24) is 4.90 Å². The van der Waals surface area contributed by atoms with Crippen molar-refractivity contribution in [2.45, 2.75) is 51.9 Å². The highest BCUT2D eigenvalue weighted by molar-refractivity contribution is 5.96. The number of anilines is 1. The quantitative estimate of drug-likeness (QED) is 0.756. The highest BCUT2D eigenvalue weighted by atomic mass is 16.5. The normalized spacial score (nSPS) is 14.7. The van der Waals surface area contributed by atoms with Crippen LogP contribution in [0.15, 0.2) is 48.5 Å². The van der Waals surface area contributed by atoms with E-state index in [1.165, 1.54) is 18.4 Å². The van der Waals surface area contributed by atoms with E-state index in [9.17, 15) is 9.59 Å². The second-order valence-corrected chi connectivity index (χ2v) is 8.89. The minimum absolute atomic E-state index is 0.0661.